The second-order valence-corrected chi connectivity index (χ2v) is 5.62. The third-order valence-corrected chi connectivity index (χ3v) is 3.72. The molecular weight excluding hydrogens is 208 g/mol. The Labute approximate surface area is 104 Å². The number of hydrogen-bond donors (Lipinski definition) is 0. The van der Waals surface area contributed by atoms with Crippen LogP contribution in [-0.2, 0) is 10.2 Å². The lowest BCUT2D eigenvalue weighted by Crippen LogP contribution is -2.30. The van der Waals surface area contributed by atoms with Crippen LogP contribution < -0.4 is 0 Å². The van der Waals surface area contributed by atoms with Gasteiger partial charge >= 0.3 is 0 Å². The third kappa shape index (κ3) is 2.49. The van der Waals surface area contributed by atoms with Gasteiger partial charge in [-0.2, -0.15) is 0 Å². The lowest BCUT2D eigenvalue weighted by Gasteiger charge is -2.34. The summed E-state index contributed by atoms with van der Waals surface area (Å²) in [4.78, 5) is 11.9. The minimum Gasteiger partial charge on any atom is -0.295 e. The molecule has 1 aromatic rings. The van der Waals surface area contributed by atoms with Crippen LogP contribution in [0.2, 0.25) is 0 Å². The van der Waals surface area contributed by atoms with Crippen LogP contribution in [0.3, 0.4) is 0 Å². The van der Waals surface area contributed by atoms with Crippen LogP contribution in [0.1, 0.15) is 39.2 Å². The van der Waals surface area contributed by atoms with E-state index in [1.54, 1.807) is 0 Å². The van der Waals surface area contributed by atoms with Crippen LogP contribution in [0.4, 0.5) is 0 Å². The van der Waals surface area contributed by atoms with Crippen LogP contribution in [0.5, 0.6) is 0 Å². The van der Waals surface area contributed by atoms with E-state index in [1.807, 2.05) is 12.1 Å². The van der Waals surface area contributed by atoms with Crippen LogP contribution in [0.25, 0.3) is 0 Å². The average Bonchev–Trinajstić information content (AvgIpc) is 2.29. The summed E-state index contributed by atoms with van der Waals surface area (Å²) in [6.07, 6.45) is 3.49. The van der Waals surface area contributed by atoms with Crippen molar-refractivity contribution in [1.29, 1.82) is 0 Å². The molecule has 0 saturated carbocycles. The van der Waals surface area contributed by atoms with Gasteiger partial charge < -0.3 is 0 Å². The molecule has 0 aliphatic heterocycles. The Bertz CT molecular complexity index is 442. The number of benzene rings is 1. The molecule has 1 aliphatic carbocycles. The fraction of sp³-hybridized carbons (Fsp3) is 0.438. The summed E-state index contributed by atoms with van der Waals surface area (Å²) in [7, 11) is 0. The second kappa shape index (κ2) is 4.48. The Kier molecular flexibility index (Phi) is 3.19. The highest BCUT2D eigenvalue weighted by Gasteiger charge is 2.34. The minimum atomic E-state index is -0.0211. The molecule has 17 heavy (non-hydrogen) atoms. The summed E-state index contributed by atoms with van der Waals surface area (Å²) in [5.74, 6) is 0.730. The maximum atomic E-state index is 11.9. The zero-order chi connectivity index (χ0) is 12.5. The van der Waals surface area contributed by atoms with Crippen molar-refractivity contribution in [2.45, 2.75) is 39.0 Å². The summed E-state index contributed by atoms with van der Waals surface area (Å²) < 4.78 is 0. The van der Waals surface area contributed by atoms with Gasteiger partial charge in [-0.1, -0.05) is 56.7 Å². The number of hydrogen-bond acceptors (Lipinski definition) is 1. The van der Waals surface area contributed by atoms with Gasteiger partial charge in [-0.05, 0) is 24.0 Å². The molecule has 1 aliphatic rings. The molecule has 0 unspecified atom stereocenters. The molecule has 0 fully saturated rings. The highest BCUT2D eigenvalue weighted by molar-refractivity contribution is 5.92. The molecule has 90 valence electrons. The van der Waals surface area contributed by atoms with E-state index in [4.69, 9.17) is 0 Å². The number of ketones is 1. The first-order valence-electron chi connectivity index (χ1n) is 6.30. The topological polar surface area (TPSA) is 17.1 Å². The fourth-order valence-corrected chi connectivity index (χ4v) is 2.62. The van der Waals surface area contributed by atoms with Gasteiger partial charge in [0.05, 0.1) is 0 Å². The van der Waals surface area contributed by atoms with Gasteiger partial charge in [0.15, 0.2) is 5.78 Å². The first-order valence-corrected chi connectivity index (χ1v) is 6.30. The molecule has 1 nitrogen and oxygen atoms in total. The maximum absolute atomic E-state index is 11.9. The van der Waals surface area contributed by atoms with E-state index in [0.29, 0.717) is 12.3 Å². The molecule has 0 amide bonds. The first kappa shape index (κ1) is 12.1. The molecule has 0 radical (unpaired) electrons. The van der Waals surface area contributed by atoms with Gasteiger partial charge in [0.2, 0.25) is 0 Å². The average molecular weight is 228 g/mol. The van der Waals surface area contributed by atoms with Crippen molar-refractivity contribution in [3.05, 3.63) is 47.5 Å². The van der Waals surface area contributed by atoms with Crippen LogP contribution in [0, 0.1) is 5.92 Å². The smallest absolute Gasteiger partial charge is 0.156 e. The monoisotopic (exact) mass is 228 g/mol. The van der Waals surface area contributed by atoms with Gasteiger partial charge in [0.1, 0.15) is 0 Å². The Morgan fingerprint density at radius 2 is 1.76 bits per heavy atom. The van der Waals surface area contributed by atoms with Gasteiger partial charge in [-0.25, -0.2) is 0 Å². The van der Waals surface area contributed by atoms with Crippen molar-refractivity contribution >= 4 is 5.78 Å². The summed E-state index contributed by atoms with van der Waals surface area (Å²) in [6, 6.07) is 10.4. The molecule has 1 aromatic carbocycles. The van der Waals surface area contributed by atoms with Crippen LogP contribution >= 0.6 is 0 Å². The van der Waals surface area contributed by atoms with E-state index in [-0.39, 0.29) is 11.2 Å². The van der Waals surface area contributed by atoms with Gasteiger partial charge in [0, 0.05) is 11.8 Å². The Balaban J connectivity index is 2.35. The van der Waals surface area contributed by atoms with Crippen molar-refractivity contribution < 1.29 is 4.79 Å². The second-order valence-electron chi connectivity index (χ2n) is 5.62. The molecule has 1 atom stereocenters. The number of allylic oxidation sites excluding steroid dienone is 2. The predicted octanol–water partition coefficient (Wildman–Crippen LogP) is 3.89. The van der Waals surface area contributed by atoms with Crippen molar-refractivity contribution in [3.63, 3.8) is 0 Å². The SMILES string of the molecule is CC(C)C1=CC(=O)C[C@](C)(c2ccccc2)C1. The maximum Gasteiger partial charge on any atom is 0.156 e. The molecular formula is C16H20O. The van der Waals surface area contributed by atoms with E-state index in [9.17, 15) is 4.79 Å². The standard InChI is InChI=1S/C16H20O/c1-12(2)13-9-15(17)11-16(3,10-13)14-7-5-4-6-8-14/h4-9,12H,10-11H2,1-3H3/t16-/m1/s1. The summed E-state index contributed by atoms with van der Waals surface area (Å²) >= 11 is 0. The number of carbonyl (C=O) groups excluding carboxylic acids is 1. The molecule has 0 N–H and O–H groups in total. The van der Waals surface area contributed by atoms with Gasteiger partial charge in [-0.15, -0.1) is 0 Å². The van der Waals surface area contributed by atoms with Crippen molar-refractivity contribution in [1.82, 2.24) is 0 Å². The van der Waals surface area contributed by atoms with Gasteiger partial charge in [0.25, 0.3) is 0 Å². The highest BCUT2D eigenvalue weighted by Crippen LogP contribution is 2.39. The normalized spacial score (nSPS) is 24.9. The van der Waals surface area contributed by atoms with E-state index < -0.39 is 0 Å². The molecule has 0 bridgehead atoms. The van der Waals surface area contributed by atoms with E-state index in [2.05, 4.69) is 45.0 Å². The molecule has 2 rings (SSSR count). The zero-order valence-electron chi connectivity index (χ0n) is 10.9. The van der Waals surface area contributed by atoms with Crippen molar-refractivity contribution in [2.75, 3.05) is 0 Å². The van der Waals surface area contributed by atoms with E-state index in [0.717, 1.165) is 6.42 Å². The minimum absolute atomic E-state index is 0.0211. The molecule has 1 heteroatoms. The first-order chi connectivity index (χ1) is 8.01. The largest absolute Gasteiger partial charge is 0.295 e. The lowest BCUT2D eigenvalue weighted by molar-refractivity contribution is -0.116. The predicted molar refractivity (Wildman–Crippen MR) is 71.0 cm³/mol. The summed E-state index contributed by atoms with van der Waals surface area (Å²) in [6.45, 7) is 6.53. The van der Waals surface area contributed by atoms with Gasteiger partial charge in [-0.3, -0.25) is 4.79 Å². The van der Waals surface area contributed by atoms with Crippen molar-refractivity contribution in [2.24, 2.45) is 5.92 Å². The summed E-state index contributed by atoms with van der Waals surface area (Å²) in [5, 5.41) is 0. The quantitative estimate of drug-likeness (QED) is 0.750. The zero-order valence-corrected chi connectivity index (χ0v) is 10.9. The molecule has 0 heterocycles. The fourth-order valence-electron chi connectivity index (χ4n) is 2.62. The molecule has 0 saturated heterocycles. The number of carbonyl (C=O) groups is 1. The molecule has 0 spiro atoms. The lowest BCUT2D eigenvalue weighted by atomic mass is 9.69. The Morgan fingerprint density at radius 3 is 2.35 bits per heavy atom. The van der Waals surface area contributed by atoms with E-state index >= 15 is 0 Å². The highest BCUT2D eigenvalue weighted by atomic mass is 16.1. The Morgan fingerprint density at radius 1 is 1.12 bits per heavy atom. The van der Waals surface area contributed by atoms with Crippen molar-refractivity contribution in [3.8, 4) is 0 Å². The van der Waals surface area contributed by atoms with E-state index in [1.165, 1.54) is 11.1 Å². The van der Waals surface area contributed by atoms with Crippen LogP contribution in [0.15, 0.2) is 42.0 Å². The summed E-state index contributed by atoms with van der Waals surface area (Å²) in [5.41, 5.74) is 2.54. The van der Waals surface area contributed by atoms with Crippen LogP contribution in [-0.4, -0.2) is 5.78 Å². The Hall–Kier alpha value is -1.37. The molecule has 0 aromatic heterocycles. The number of rotatable bonds is 2. The third-order valence-electron chi connectivity index (χ3n) is 3.72.